The number of hydrogen-bond acceptors (Lipinski definition) is 4. The van der Waals surface area contributed by atoms with Gasteiger partial charge in [-0.25, -0.2) is 9.97 Å². The lowest BCUT2D eigenvalue weighted by molar-refractivity contribution is -0.114. The molecular formula is C20H13N3O2. The molecule has 0 unspecified atom stereocenters. The highest BCUT2D eigenvalue weighted by Crippen LogP contribution is 2.26. The molecule has 0 radical (unpaired) electrons. The SMILES string of the molecule is O=C1NC(=O)c2ccccc2/C1=C/c1cnc(-c2ccccc2)nc1. The number of benzene rings is 2. The second-order valence-electron chi connectivity index (χ2n) is 5.59. The summed E-state index contributed by atoms with van der Waals surface area (Å²) in [6, 6.07) is 16.7. The van der Waals surface area contributed by atoms with Gasteiger partial charge in [0.1, 0.15) is 0 Å². The van der Waals surface area contributed by atoms with Crippen LogP contribution >= 0.6 is 0 Å². The lowest BCUT2D eigenvalue weighted by Crippen LogP contribution is -2.36. The van der Waals surface area contributed by atoms with Gasteiger partial charge in [-0.1, -0.05) is 48.5 Å². The van der Waals surface area contributed by atoms with Crippen molar-refractivity contribution in [1.29, 1.82) is 0 Å². The normalized spacial score (nSPS) is 15.0. The number of nitrogens with zero attached hydrogens (tertiary/aromatic N) is 2. The van der Waals surface area contributed by atoms with E-state index >= 15 is 0 Å². The zero-order valence-electron chi connectivity index (χ0n) is 13.1. The highest BCUT2D eigenvalue weighted by molar-refractivity contribution is 6.33. The summed E-state index contributed by atoms with van der Waals surface area (Å²) in [4.78, 5) is 32.8. The summed E-state index contributed by atoms with van der Waals surface area (Å²) in [5.74, 6) is -0.185. The van der Waals surface area contributed by atoms with Gasteiger partial charge in [-0.05, 0) is 17.7 Å². The van der Waals surface area contributed by atoms with E-state index in [9.17, 15) is 9.59 Å². The van der Waals surface area contributed by atoms with Gasteiger partial charge >= 0.3 is 0 Å². The summed E-state index contributed by atoms with van der Waals surface area (Å²) in [6.45, 7) is 0. The standard InChI is InChI=1S/C20H13N3O2/c24-19-16-9-5-4-8-15(16)17(20(25)23-19)10-13-11-21-18(22-12-13)14-6-2-1-3-7-14/h1-12H,(H,23,24,25)/b17-10-. The average molecular weight is 327 g/mol. The van der Waals surface area contributed by atoms with Crippen molar-refractivity contribution in [3.8, 4) is 11.4 Å². The zero-order valence-corrected chi connectivity index (χ0v) is 13.1. The molecule has 2 heterocycles. The van der Waals surface area contributed by atoms with Crippen LogP contribution in [0.1, 0.15) is 21.5 Å². The molecule has 25 heavy (non-hydrogen) atoms. The molecule has 2 aromatic carbocycles. The van der Waals surface area contributed by atoms with Crippen LogP contribution < -0.4 is 5.32 Å². The third-order valence-electron chi connectivity index (χ3n) is 3.95. The number of hydrogen-bond donors (Lipinski definition) is 1. The minimum Gasteiger partial charge on any atom is -0.288 e. The first kappa shape index (κ1) is 15.0. The molecule has 2 amide bonds. The number of carbonyl (C=O) groups excluding carboxylic acids is 2. The van der Waals surface area contributed by atoms with Crippen LogP contribution in [0.4, 0.5) is 0 Å². The minimum atomic E-state index is -0.421. The Hall–Kier alpha value is -3.60. The van der Waals surface area contributed by atoms with Crippen LogP contribution in [-0.4, -0.2) is 21.8 Å². The maximum atomic E-state index is 12.2. The van der Waals surface area contributed by atoms with Gasteiger partial charge in [-0.15, -0.1) is 0 Å². The van der Waals surface area contributed by atoms with Crippen molar-refractivity contribution in [3.63, 3.8) is 0 Å². The van der Waals surface area contributed by atoms with Crippen molar-refractivity contribution in [3.05, 3.63) is 83.7 Å². The summed E-state index contributed by atoms with van der Waals surface area (Å²) in [5, 5.41) is 2.36. The summed E-state index contributed by atoms with van der Waals surface area (Å²) >= 11 is 0. The Morgan fingerprint density at radius 1 is 0.760 bits per heavy atom. The van der Waals surface area contributed by atoms with Crippen LogP contribution in [0.5, 0.6) is 0 Å². The molecule has 1 aliphatic rings. The number of fused-ring (bicyclic) bond motifs is 1. The number of rotatable bonds is 2. The first-order valence-corrected chi connectivity index (χ1v) is 7.76. The van der Waals surface area contributed by atoms with Crippen LogP contribution in [0.25, 0.3) is 23.0 Å². The highest BCUT2D eigenvalue weighted by atomic mass is 16.2. The number of carbonyl (C=O) groups is 2. The smallest absolute Gasteiger partial charge is 0.258 e. The predicted octanol–water partition coefficient (Wildman–Crippen LogP) is 2.95. The monoisotopic (exact) mass is 327 g/mol. The maximum Gasteiger partial charge on any atom is 0.258 e. The van der Waals surface area contributed by atoms with Crippen molar-refractivity contribution in [2.24, 2.45) is 0 Å². The molecule has 1 aliphatic heterocycles. The maximum absolute atomic E-state index is 12.2. The van der Waals surface area contributed by atoms with Crippen LogP contribution in [0.15, 0.2) is 67.0 Å². The average Bonchev–Trinajstić information content (AvgIpc) is 2.66. The number of aromatic nitrogens is 2. The molecule has 3 aromatic rings. The molecular weight excluding hydrogens is 314 g/mol. The highest BCUT2D eigenvalue weighted by Gasteiger charge is 2.26. The largest absolute Gasteiger partial charge is 0.288 e. The van der Waals surface area contributed by atoms with Crippen molar-refractivity contribution in [2.45, 2.75) is 0 Å². The first-order valence-electron chi connectivity index (χ1n) is 7.76. The van der Waals surface area contributed by atoms with Gasteiger partial charge in [0.05, 0.1) is 0 Å². The summed E-state index contributed by atoms with van der Waals surface area (Å²) in [6.07, 6.45) is 5.01. The van der Waals surface area contributed by atoms with Crippen LogP contribution in [0, 0.1) is 0 Å². The third-order valence-corrected chi connectivity index (χ3v) is 3.95. The lowest BCUT2D eigenvalue weighted by atomic mass is 9.94. The molecule has 0 spiro atoms. The van der Waals surface area contributed by atoms with Crippen molar-refractivity contribution < 1.29 is 9.59 Å². The van der Waals surface area contributed by atoms with E-state index < -0.39 is 5.91 Å². The molecule has 120 valence electrons. The Kier molecular flexibility index (Phi) is 3.67. The van der Waals surface area contributed by atoms with Crippen LogP contribution in [0.3, 0.4) is 0 Å². The van der Waals surface area contributed by atoms with Crippen molar-refractivity contribution in [1.82, 2.24) is 15.3 Å². The van der Waals surface area contributed by atoms with Crippen molar-refractivity contribution in [2.75, 3.05) is 0 Å². The molecule has 0 aliphatic carbocycles. The van der Waals surface area contributed by atoms with Crippen LogP contribution in [-0.2, 0) is 4.79 Å². The van der Waals surface area contributed by atoms with E-state index in [0.717, 1.165) is 5.56 Å². The third kappa shape index (κ3) is 2.83. The van der Waals surface area contributed by atoms with Gasteiger partial charge < -0.3 is 0 Å². The number of amides is 2. The van der Waals surface area contributed by atoms with Gasteiger partial charge in [0, 0.05) is 34.7 Å². The Balaban J connectivity index is 1.72. The molecule has 0 bridgehead atoms. The Labute approximate surface area is 144 Å². The van der Waals surface area contributed by atoms with E-state index in [1.54, 1.807) is 42.7 Å². The van der Waals surface area contributed by atoms with E-state index in [-0.39, 0.29) is 5.91 Å². The van der Waals surface area contributed by atoms with Gasteiger partial charge in [0.15, 0.2) is 5.82 Å². The van der Waals surface area contributed by atoms with E-state index in [0.29, 0.717) is 28.1 Å². The second kappa shape index (κ2) is 6.13. The van der Waals surface area contributed by atoms with E-state index in [4.69, 9.17) is 0 Å². The Morgan fingerprint density at radius 2 is 1.40 bits per heavy atom. The fourth-order valence-electron chi connectivity index (χ4n) is 2.73. The first-order chi connectivity index (χ1) is 12.2. The predicted molar refractivity (Wildman–Crippen MR) is 94.3 cm³/mol. The summed E-state index contributed by atoms with van der Waals surface area (Å²) in [5.41, 5.74) is 3.13. The topological polar surface area (TPSA) is 72.0 Å². The Bertz CT molecular complexity index is 993. The fourth-order valence-corrected chi connectivity index (χ4v) is 2.73. The molecule has 0 saturated heterocycles. The van der Waals surface area contributed by atoms with Gasteiger partial charge in [-0.2, -0.15) is 0 Å². The second-order valence-corrected chi connectivity index (χ2v) is 5.59. The van der Waals surface area contributed by atoms with E-state index in [1.807, 2.05) is 30.3 Å². The minimum absolute atomic E-state index is 0.381. The molecule has 4 rings (SSSR count). The van der Waals surface area contributed by atoms with E-state index in [2.05, 4.69) is 15.3 Å². The zero-order chi connectivity index (χ0) is 17.2. The number of nitrogens with one attached hydrogen (secondary N) is 1. The molecule has 1 N–H and O–H groups in total. The van der Waals surface area contributed by atoms with Gasteiger partial charge in [0.25, 0.3) is 11.8 Å². The fraction of sp³-hybridized carbons (Fsp3) is 0. The van der Waals surface area contributed by atoms with Crippen molar-refractivity contribution >= 4 is 23.5 Å². The number of imide groups is 1. The molecule has 0 fully saturated rings. The summed E-state index contributed by atoms with van der Waals surface area (Å²) in [7, 11) is 0. The quantitative estimate of drug-likeness (QED) is 0.580. The molecule has 5 nitrogen and oxygen atoms in total. The summed E-state index contributed by atoms with van der Waals surface area (Å²) < 4.78 is 0. The molecule has 5 heteroatoms. The molecule has 0 saturated carbocycles. The lowest BCUT2D eigenvalue weighted by Gasteiger charge is -2.17. The molecule has 1 aromatic heterocycles. The Morgan fingerprint density at radius 3 is 2.12 bits per heavy atom. The molecule has 0 atom stereocenters. The van der Waals surface area contributed by atoms with Crippen LogP contribution in [0.2, 0.25) is 0 Å². The van der Waals surface area contributed by atoms with Gasteiger partial charge in [-0.3, -0.25) is 14.9 Å². The van der Waals surface area contributed by atoms with Gasteiger partial charge in [0.2, 0.25) is 0 Å². The van der Waals surface area contributed by atoms with E-state index in [1.165, 1.54) is 0 Å².